The third-order valence-corrected chi connectivity index (χ3v) is 3.28. The maximum absolute atomic E-state index is 6.20. The fourth-order valence-corrected chi connectivity index (χ4v) is 2.59. The van der Waals surface area contributed by atoms with Crippen LogP contribution in [0.1, 0.15) is 5.69 Å². The van der Waals surface area contributed by atoms with Crippen LogP contribution in [-0.2, 0) is 0 Å². The highest BCUT2D eigenvalue weighted by atomic mass is 35.5. The van der Waals surface area contributed by atoms with Crippen LogP contribution < -0.4 is 0 Å². The lowest BCUT2D eigenvalue weighted by Crippen LogP contribution is -1.90. The van der Waals surface area contributed by atoms with Crippen LogP contribution in [0.3, 0.4) is 0 Å². The van der Waals surface area contributed by atoms with Crippen LogP contribution in [0.2, 0.25) is 10.3 Å². The van der Waals surface area contributed by atoms with Gasteiger partial charge in [-0.3, -0.25) is 0 Å². The standard InChI is InChI=1S/C13H8Cl2N2/c1-7-6-10-11(13(15)16-7)8-4-2-3-5-9(8)12(14)17-10/h2-6H,1H3. The van der Waals surface area contributed by atoms with E-state index in [0.717, 1.165) is 27.4 Å². The van der Waals surface area contributed by atoms with E-state index in [1.165, 1.54) is 0 Å². The van der Waals surface area contributed by atoms with Crippen molar-refractivity contribution in [3.8, 4) is 0 Å². The summed E-state index contributed by atoms with van der Waals surface area (Å²) < 4.78 is 0. The van der Waals surface area contributed by atoms with Crippen molar-refractivity contribution in [1.29, 1.82) is 0 Å². The minimum atomic E-state index is 0.473. The van der Waals surface area contributed by atoms with Gasteiger partial charge in [-0.25, -0.2) is 9.97 Å². The van der Waals surface area contributed by atoms with E-state index in [0.29, 0.717) is 10.3 Å². The molecule has 17 heavy (non-hydrogen) atoms. The van der Waals surface area contributed by atoms with Crippen molar-refractivity contribution >= 4 is 44.9 Å². The number of hydrogen-bond donors (Lipinski definition) is 0. The number of benzene rings is 1. The molecular formula is C13H8Cl2N2. The number of rotatable bonds is 0. The Kier molecular flexibility index (Phi) is 2.42. The van der Waals surface area contributed by atoms with Crippen LogP contribution in [0.4, 0.5) is 0 Å². The van der Waals surface area contributed by atoms with Crippen LogP contribution in [0, 0.1) is 6.92 Å². The molecule has 0 aliphatic carbocycles. The second kappa shape index (κ2) is 3.83. The highest BCUT2D eigenvalue weighted by molar-refractivity contribution is 6.39. The van der Waals surface area contributed by atoms with Crippen molar-refractivity contribution in [2.24, 2.45) is 0 Å². The van der Waals surface area contributed by atoms with Gasteiger partial charge in [-0.2, -0.15) is 0 Å². The minimum Gasteiger partial charge on any atom is -0.241 e. The first-order valence-electron chi connectivity index (χ1n) is 5.18. The highest BCUT2D eigenvalue weighted by Crippen LogP contribution is 2.32. The zero-order valence-electron chi connectivity index (χ0n) is 9.04. The SMILES string of the molecule is Cc1cc2nc(Cl)c3ccccc3c2c(Cl)n1. The molecule has 1 aromatic carbocycles. The summed E-state index contributed by atoms with van der Waals surface area (Å²) in [5.41, 5.74) is 1.62. The Morgan fingerprint density at radius 3 is 2.41 bits per heavy atom. The molecule has 0 bridgehead atoms. The Balaban J connectivity index is 2.63. The van der Waals surface area contributed by atoms with Gasteiger partial charge in [0.1, 0.15) is 10.3 Å². The molecule has 0 aliphatic rings. The van der Waals surface area contributed by atoms with Gasteiger partial charge < -0.3 is 0 Å². The zero-order valence-corrected chi connectivity index (χ0v) is 10.5. The van der Waals surface area contributed by atoms with E-state index in [-0.39, 0.29) is 0 Å². The summed E-state index contributed by atoms with van der Waals surface area (Å²) in [4.78, 5) is 8.63. The number of hydrogen-bond acceptors (Lipinski definition) is 2. The predicted octanol–water partition coefficient (Wildman–Crippen LogP) is 4.40. The lowest BCUT2D eigenvalue weighted by molar-refractivity contribution is 1.22. The molecular weight excluding hydrogens is 255 g/mol. The highest BCUT2D eigenvalue weighted by Gasteiger charge is 2.10. The van der Waals surface area contributed by atoms with E-state index in [1.807, 2.05) is 37.3 Å². The normalized spacial score (nSPS) is 11.2. The largest absolute Gasteiger partial charge is 0.241 e. The van der Waals surface area contributed by atoms with E-state index in [4.69, 9.17) is 23.2 Å². The lowest BCUT2D eigenvalue weighted by Gasteiger charge is -2.07. The molecule has 0 saturated heterocycles. The van der Waals surface area contributed by atoms with Crippen LogP contribution in [0.25, 0.3) is 21.7 Å². The van der Waals surface area contributed by atoms with Crippen molar-refractivity contribution in [3.63, 3.8) is 0 Å². The zero-order chi connectivity index (χ0) is 12.0. The van der Waals surface area contributed by atoms with E-state index < -0.39 is 0 Å². The monoisotopic (exact) mass is 262 g/mol. The van der Waals surface area contributed by atoms with E-state index in [2.05, 4.69) is 9.97 Å². The molecule has 2 aromatic heterocycles. The summed E-state index contributed by atoms with van der Waals surface area (Å²) in [5, 5.41) is 3.71. The number of halogens is 2. The van der Waals surface area contributed by atoms with E-state index in [9.17, 15) is 0 Å². The minimum absolute atomic E-state index is 0.473. The molecule has 0 saturated carbocycles. The molecule has 2 heterocycles. The maximum atomic E-state index is 6.20. The average Bonchev–Trinajstić information content (AvgIpc) is 2.28. The molecule has 0 radical (unpaired) electrons. The van der Waals surface area contributed by atoms with Gasteiger partial charge >= 0.3 is 0 Å². The Morgan fingerprint density at radius 1 is 0.941 bits per heavy atom. The summed E-state index contributed by atoms with van der Waals surface area (Å²) >= 11 is 12.4. The number of pyridine rings is 2. The fourth-order valence-electron chi connectivity index (χ4n) is 2.00. The molecule has 0 aliphatic heterocycles. The molecule has 3 rings (SSSR count). The van der Waals surface area contributed by atoms with Gasteiger partial charge in [0.15, 0.2) is 0 Å². The lowest BCUT2D eigenvalue weighted by atomic mass is 10.1. The van der Waals surface area contributed by atoms with Gasteiger partial charge in [-0.05, 0) is 18.4 Å². The molecule has 0 N–H and O–H groups in total. The van der Waals surface area contributed by atoms with Crippen LogP contribution in [0.5, 0.6) is 0 Å². The smallest absolute Gasteiger partial charge is 0.139 e. The van der Waals surface area contributed by atoms with Crippen LogP contribution >= 0.6 is 23.2 Å². The summed E-state index contributed by atoms with van der Waals surface area (Å²) in [5.74, 6) is 0. The summed E-state index contributed by atoms with van der Waals surface area (Å²) in [6, 6.07) is 9.68. The fraction of sp³-hybridized carbons (Fsp3) is 0.0769. The Hall–Kier alpha value is -1.38. The van der Waals surface area contributed by atoms with E-state index >= 15 is 0 Å². The van der Waals surface area contributed by atoms with Crippen molar-refractivity contribution in [2.45, 2.75) is 6.92 Å². The topological polar surface area (TPSA) is 25.8 Å². The molecule has 3 aromatic rings. The number of aromatic nitrogens is 2. The quantitative estimate of drug-likeness (QED) is 0.443. The molecule has 0 amide bonds. The number of nitrogens with zero attached hydrogens (tertiary/aromatic N) is 2. The predicted molar refractivity (Wildman–Crippen MR) is 71.8 cm³/mol. The van der Waals surface area contributed by atoms with Crippen molar-refractivity contribution in [3.05, 3.63) is 46.3 Å². The van der Waals surface area contributed by atoms with Gasteiger partial charge in [-0.1, -0.05) is 47.5 Å². The molecule has 0 fully saturated rings. The van der Waals surface area contributed by atoms with Crippen LogP contribution in [0.15, 0.2) is 30.3 Å². The van der Waals surface area contributed by atoms with Crippen molar-refractivity contribution < 1.29 is 0 Å². The van der Waals surface area contributed by atoms with Gasteiger partial charge in [0.25, 0.3) is 0 Å². The number of aryl methyl sites for hydroxylation is 1. The third-order valence-electron chi connectivity index (χ3n) is 2.72. The maximum Gasteiger partial charge on any atom is 0.139 e. The number of fused-ring (bicyclic) bond motifs is 3. The van der Waals surface area contributed by atoms with E-state index in [1.54, 1.807) is 0 Å². The van der Waals surface area contributed by atoms with Crippen molar-refractivity contribution in [1.82, 2.24) is 9.97 Å². The van der Waals surface area contributed by atoms with Gasteiger partial charge in [0.2, 0.25) is 0 Å². The van der Waals surface area contributed by atoms with Gasteiger partial charge in [0, 0.05) is 16.5 Å². The van der Waals surface area contributed by atoms with Crippen molar-refractivity contribution in [2.75, 3.05) is 0 Å². The summed E-state index contributed by atoms with van der Waals surface area (Å²) in [6.45, 7) is 1.89. The Morgan fingerprint density at radius 2 is 1.65 bits per heavy atom. The Labute approximate surface area is 108 Å². The third kappa shape index (κ3) is 1.65. The molecule has 0 atom stereocenters. The van der Waals surface area contributed by atoms with Gasteiger partial charge in [-0.15, -0.1) is 0 Å². The molecule has 0 unspecified atom stereocenters. The first-order chi connectivity index (χ1) is 8.16. The molecule has 84 valence electrons. The average molecular weight is 263 g/mol. The summed E-state index contributed by atoms with van der Waals surface area (Å²) in [7, 11) is 0. The van der Waals surface area contributed by atoms with Gasteiger partial charge in [0.05, 0.1) is 5.52 Å². The van der Waals surface area contributed by atoms with Crippen LogP contribution in [-0.4, -0.2) is 9.97 Å². The Bertz CT molecular complexity index is 738. The molecule has 0 spiro atoms. The summed E-state index contributed by atoms with van der Waals surface area (Å²) in [6.07, 6.45) is 0. The molecule has 2 nitrogen and oxygen atoms in total. The second-order valence-corrected chi connectivity index (χ2v) is 4.61. The first kappa shape index (κ1) is 10.8. The second-order valence-electron chi connectivity index (χ2n) is 3.90. The first-order valence-corrected chi connectivity index (χ1v) is 5.93. The molecule has 4 heteroatoms.